The van der Waals surface area contributed by atoms with Gasteiger partial charge in [0.05, 0.1) is 0 Å². The Kier molecular flexibility index (Phi) is 4.27. The van der Waals surface area contributed by atoms with Gasteiger partial charge in [-0.15, -0.1) is 0 Å². The number of halogens is 1. The number of likely N-dealkylation sites (N-methyl/N-ethyl adjacent to an activating group) is 1. The third kappa shape index (κ3) is 3.29. The van der Waals surface area contributed by atoms with Crippen LogP contribution in [0, 0.1) is 0 Å². The fourth-order valence-electron chi connectivity index (χ4n) is 3.82. The number of hydrogen-bond donors (Lipinski definition) is 2. The van der Waals surface area contributed by atoms with Crippen molar-refractivity contribution < 1.29 is 0 Å². The maximum Gasteiger partial charge on any atom is 0.0460 e. The molecule has 1 aromatic heterocycles. The Morgan fingerprint density at radius 3 is 2.81 bits per heavy atom. The van der Waals surface area contributed by atoms with Gasteiger partial charge in [-0.25, -0.2) is 0 Å². The van der Waals surface area contributed by atoms with E-state index in [0.717, 1.165) is 35.6 Å². The summed E-state index contributed by atoms with van der Waals surface area (Å²) in [6, 6.07) is 19.0. The van der Waals surface area contributed by atoms with Gasteiger partial charge in [-0.1, -0.05) is 23.7 Å². The van der Waals surface area contributed by atoms with Crippen LogP contribution in [0.4, 0.5) is 5.69 Å². The van der Waals surface area contributed by atoms with Crippen molar-refractivity contribution in [2.45, 2.75) is 17.9 Å². The third-order valence-electron chi connectivity index (χ3n) is 5.23. The second-order valence-corrected chi connectivity index (χ2v) is 8.50. The molecule has 3 nitrogen and oxygen atoms in total. The highest BCUT2D eigenvalue weighted by atomic mass is 35.5. The van der Waals surface area contributed by atoms with Crippen LogP contribution in [0.3, 0.4) is 0 Å². The largest absolute Gasteiger partial charge is 0.357 e. The first-order valence-corrected chi connectivity index (χ1v) is 10.3. The average molecular weight is 394 g/mol. The van der Waals surface area contributed by atoms with Gasteiger partial charge in [0, 0.05) is 45.3 Å². The van der Waals surface area contributed by atoms with Gasteiger partial charge < -0.3 is 14.6 Å². The number of aromatic amines is 1. The zero-order valence-electron chi connectivity index (χ0n) is 15.1. The fourth-order valence-corrected chi connectivity index (χ4v) is 4.68. The minimum atomic E-state index is 0.773. The molecule has 0 saturated carbocycles. The Morgan fingerprint density at radius 1 is 1.04 bits per heavy atom. The molecule has 27 heavy (non-hydrogen) atoms. The molecule has 0 unspecified atom stereocenters. The molecule has 0 fully saturated rings. The molecule has 0 saturated heterocycles. The van der Waals surface area contributed by atoms with Crippen LogP contribution in [-0.4, -0.2) is 23.5 Å². The highest BCUT2D eigenvalue weighted by Gasteiger charge is 2.18. The van der Waals surface area contributed by atoms with Gasteiger partial charge in [-0.05, 0) is 84.2 Å². The highest BCUT2D eigenvalue weighted by Crippen LogP contribution is 2.31. The van der Waals surface area contributed by atoms with Crippen molar-refractivity contribution in [3.8, 4) is 0 Å². The van der Waals surface area contributed by atoms with Gasteiger partial charge in [-0.3, -0.25) is 0 Å². The number of nitrogens with one attached hydrogen (secondary N) is 2. The first-order chi connectivity index (χ1) is 13.2. The Morgan fingerprint density at radius 2 is 1.89 bits per heavy atom. The predicted octanol–water partition coefficient (Wildman–Crippen LogP) is 6.08. The Bertz CT molecular complexity index is 1150. The molecule has 1 aliphatic heterocycles. The number of nitrogens with zero attached hydrogens (tertiary/aromatic N) is 1. The summed E-state index contributed by atoms with van der Waals surface area (Å²) in [6.07, 6.45) is 1.11. The fraction of sp³-hybridized carbons (Fsp3) is 0.182. The molecule has 0 amide bonds. The van der Waals surface area contributed by atoms with E-state index in [0.29, 0.717) is 0 Å². The van der Waals surface area contributed by atoms with E-state index in [2.05, 4.69) is 64.1 Å². The quantitative estimate of drug-likeness (QED) is 0.413. The molecule has 0 aliphatic carbocycles. The Labute approximate surface area is 167 Å². The summed E-state index contributed by atoms with van der Waals surface area (Å²) < 4.78 is 3.50. The minimum Gasteiger partial charge on any atom is -0.357 e. The van der Waals surface area contributed by atoms with Gasteiger partial charge in [0.25, 0.3) is 0 Å². The standard InChI is InChI=1S/C22H20ClN3S/c1-26-9-8-19-20-12-17(5-7-21(20)24-22(19)13-26)25-27-18-6-3-14-10-16(23)4-2-15(14)11-18/h2-7,10-12,24-25H,8-9,13H2,1H3. The van der Waals surface area contributed by atoms with Crippen LogP contribution in [0.25, 0.3) is 21.7 Å². The lowest BCUT2D eigenvalue weighted by Gasteiger charge is -2.22. The van der Waals surface area contributed by atoms with E-state index in [-0.39, 0.29) is 0 Å². The zero-order chi connectivity index (χ0) is 18.4. The number of anilines is 1. The Balaban J connectivity index is 1.39. The summed E-state index contributed by atoms with van der Waals surface area (Å²) in [6.45, 7) is 2.12. The number of benzene rings is 3. The van der Waals surface area contributed by atoms with Gasteiger partial charge in [0.15, 0.2) is 0 Å². The lowest BCUT2D eigenvalue weighted by Crippen LogP contribution is -2.26. The Hall–Kier alpha value is -2.14. The molecule has 2 N–H and O–H groups in total. The molecule has 1 aliphatic rings. The van der Waals surface area contributed by atoms with Gasteiger partial charge >= 0.3 is 0 Å². The van der Waals surface area contributed by atoms with E-state index in [4.69, 9.17) is 11.6 Å². The molecule has 4 aromatic rings. The molecule has 5 heteroatoms. The molecular formula is C22H20ClN3S. The van der Waals surface area contributed by atoms with E-state index in [1.54, 1.807) is 11.9 Å². The van der Waals surface area contributed by atoms with Crippen LogP contribution < -0.4 is 4.72 Å². The third-order valence-corrected chi connectivity index (χ3v) is 6.29. The number of fused-ring (bicyclic) bond motifs is 4. The van der Waals surface area contributed by atoms with Crippen LogP contribution in [-0.2, 0) is 13.0 Å². The van der Waals surface area contributed by atoms with Gasteiger partial charge in [0.2, 0.25) is 0 Å². The van der Waals surface area contributed by atoms with Crippen molar-refractivity contribution >= 4 is 50.9 Å². The van der Waals surface area contributed by atoms with E-state index < -0.39 is 0 Å². The molecule has 0 radical (unpaired) electrons. The topological polar surface area (TPSA) is 31.1 Å². The van der Waals surface area contributed by atoms with Crippen molar-refractivity contribution in [3.63, 3.8) is 0 Å². The molecule has 0 spiro atoms. The number of H-pyrrole nitrogens is 1. The van der Waals surface area contributed by atoms with E-state index >= 15 is 0 Å². The van der Waals surface area contributed by atoms with Crippen LogP contribution in [0.15, 0.2) is 59.5 Å². The molecule has 5 rings (SSSR count). The summed E-state index contributed by atoms with van der Waals surface area (Å²) in [5.41, 5.74) is 5.19. The van der Waals surface area contributed by atoms with Crippen molar-refractivity contribution in [2.24, 2.45) is 0 Å². The van der Waals surface area contributed by atoms with Crippen LogP contribution in [0.1, 0.15) is 11.3 Å². The predicted molar refractivity (Wildman–Crippen MR) is 117 cm³/mol. The van der Waals surface area contributed by atoms with Crippen molar-refractivity contribution in [1.82, 2.24) is 9.88 Å². The summed E-state index contributed by atoms with van der Waals surface area (Å²) in [5, 5.41) is 4.48. The molecule has 0 atom stereocenters. The number of aromatic nitrogens is 1. The number of rotatable bonds is 3. The van der Waals surface area contributed by atoms with Crippen molar-refractivity contribution in [1.29, 1.82) is 0 Å². The average Bonchev–Trinajstić information content (AvgIpc) is 3.03. The first kappa shape index (κ1) is 17.0. The zero-order valence-corrected chi connectivity index (χ0v) is 16.6. The normalized spacial score (nSPS) is 14.6. The van der Waals surface area contributed by atoms with E-state index in [9.17, 15) is 0 Å². The molecular weight excluding hydrogens is 374 g/mol. The smallest absolute Gasteiger partial charge is 0.0460 e. The summed E-state index contributed by atoms with van der Waals surface area (Å²) in [4.78, 5) is 7.13. The summed E-state index contributed by atoms with van der Waals surface area (Å²) in [5.74, 6) is 0. The van der Waals surface area contributed by atoms with Crippen LogP contribution >= 0.6 is 23.5 Å². The second-order valence-electron chi connectivity index (χ2n) is 7.19. The van der Waals surface area contributed by atoms with Gasteiger partial charge in [0.1, 0.15) is 0 Å². The van der Waals surface area contributed by atoms with Gasteiger partial charge in [-0.2, -0.15) is 0 Å². The summed E-state index contributed by atoms with van der Waals surface area (Å²) in [7, 11) is 2.18. The maximum atomic E-state index is 6.07. The second kappa shape index (κ2) is 6.79. The molecule has 2 heterocycles. The lowest BCUT2D eigenvalue weighted by atomic mass is 10.0. The number of hydrogen-bond acceptors (Lipinski definition) is 3. The van der Waals surface area contributed by atoms with E-state index in [1.807, 2.05) is 12.1 Å². The van der Waals surface area contributed by atoms with Crippen LogP contribution in [0.2, 0.25) is 5.02 Å². The maximum absolute atomic E-state index is 6.07. The molecule has 136 valence electrons. The molecule has 0 bridgehead atoms. The first-order valence-electron chi connectivity index (χ1n) is 9.10. The van der Waals surface area contributed by atoms with E-state index in [1.165, 1.54) is 32.4 Å². The highest BCUT2D eigenvalue weighted by molar-refractivity contribution is 8.00. The monoisotopic (exact) mass is 393 g/mol. The summed E-state index contributed by atoms with van der Waals surface area (Å²) >= 11 is 7.71. The van der Waals surface area contributed by atoms with Crippen molar-refractivity contribution in [2.75, 3.05) is 18.3 Å². The minimum absolute atomic E-state index is 0.773. The lowest BCUT2D eigenvalue weighted by molar-refractivity contribution is 0.310. The molecule has 3 aromatic carbocycles. The SMILES string of the molecule is CN1CCc2c([nH]c3ccc(NSc4ccc5cc(Cl)ccc5c4)cc23)C1. The van der Waals surface area contributed by atoms with Crippen LogP contribution in [0.5, 0.6) is 0 Å². The van der Waals surface area contributed by atoms with Crippen molar-refractivity contribution in [3.05, 3.63) is 70.9 Å².